The van der Waals surface area contributed by atoms with E-state index in [1.165, 1.54) is 6.08 Å². The van der Waals surface area contributed by atoms with Crippen LogP contribution in [0.3, 0.4) is 0 Å². The molecule has 0 radical (unpaired) electrons. The van der Waals surface area contributed by atoms with Crippen molar-refractivity contribution in [1.82, 2.24) is 0 Å². The third kappa shape index (κ3) is 4.46. The van der Waals surface area contributed by atoms with Crippen LogP contribution in [0, 0.1) is 16.7 Å². The summed E-state index contributed by atoms with van der Waals surface area (Å²) in [5.41, 5.74) is -1.70. The summed E-state index contributed by atoms with van der Waals surface area (Å²) in [7, 11) is 0. The Balaban J connectivity index is 2.82. The number of hydrogen-bond donors (Lipinski definition) is 0. The summed E-state index contributed by atoms with van der Waals surface area (Å²) in [6, 6.07) is 0. The molecule has 0 aromatic carbocycles. The Kier molecular flexibility index (Phi) is 7.18. The highest BCUT2D eigenvalue weighted by atomic mass is 16.6. The topological polar surface area (TPSA) is 69.7 Å². The van der Waals surface area contributed by atoms with Gasteiger partial charge in [0.15, 0.2) is 11.2 Å². The van der Waals surface area contributed by atoms with Crippen molar-refractivity contribution >= 4 is 17.7 Å². The number of unbranched alkanes of at least 4 members (excludes halogenated alkanes) is 1. The molecule has 0 saturated heterocycles. The molecule has 0 spiro atoms. The first kappa shape index (κ1) is 20.4. The molecule has 0 aromatic rings. The minimum Gasteiger partial charge on any atom is -0.465 e. The molecule has 0 aromatic heterocycles. The minimum absolute atomic E-state index is 0.0180. The summed E-state index contributed by atoms with van der Waals surface area (Å²) < 4.78 is 10.1. The molecule has 5 nitrogen and oxygen atoms in total. The third-order valence-electron chi connectivity index (χ3n) is 4.60. The molecule has 1 atom stereocenters. The molecular weight excluding hydrogens is 308 g/mol. The van der Waals surface area contributed by atoms with Crippen molar-refractivity contribution in [3.63, 3.8) is 0 Å². The second-order valence-electron chi connectivity index (χ2n) is 6.93. The highest BCUT2D eigenvalue weighted by molar-refractivity contribution is 6.04. The summed E-state index contributed by atoms with van der Waals surface area (Å²) in [6.07, 6.45) is 6.37. The Hall–Kier alpha value is -1.65. The van der Waals surface area contributed by atoms with E-state index in [4.69, 9.17) is 9.47 Å². The highest BCUT2D eigenvalue weighted by Gasteiger charge is 2.67. The smallest absolute Gasteiger partial charge is 0.324 e. The van der Waals surface area contributed by atoms with Gasteiger partial charge in [-0.1, -0.05) is 39.7 Å². The summed E-state index contributed by atoms with van der Waals surface area (Å²) >= 11 is 0. The van der Waals surface area contributed by atoms with Gasteiger partial charge in [-0.3, -0.25) is 14.4 Å². The first-order valence-electron chi connectivity index (χ1n) is 8.83. The van der Waals surface area contributed by atoms with Crippen LogP contribution in [0.4, 0.5) is 0 Å². The molecular formula is C19H30O5. The molecule has 136 valence electrons. The van der Waals surface area contributed by atoms with Crippen LogP contribution in [0.15, 0.2) is 12.2 Å². The van der Waals surface area contributed by atoms with Crippen LogP contribution in [0.25, 0.3) is 0 Å². The van der Waals surface area contributed by atoms with Gasteiger partial charge >= 0.3 is 11.9 Å². The van der Waals surface area contributed by atoms with Gasteiger partial charge in [-0.2, -0.15) is 0 Å². The zero-order valence-electron chi connectivity index (χ0n) is 15.5. The van der Waals surface area contributed by atoms with Gasteiger partial charge in [-0.15, -0.1) is 0 Å². The van der Waals surface area contributed by atoms with Crippen LogP contribution in [0.2, 0.25) is 0 Å². The van der Waals surface area contributed by atoms with E-state index >= 15 is 0 Å². The summed E-state index contributed by atoms with van der Waals surface area (Å²) in [5, 5.41) is 0. The number of carbonyl (C=O) groups is 3. The molecule has 1 aliphatic rings. The van der Waals surface area contributed by atoms with Gasteiger partial charge in [-0.05, 0) is 32.8 Å². The molecule has 0 bridgehead atoms. The zero-order valence-corrected chi connectivity index (χ0v) is 15.5. The Labute approximate surface area is 144 Å². The summed E-state index contributed by atoms with van der Waals surface area (Å²) in [5.74, 6) is -1.43. The van der Waals surface area contributed by atoms with E-state index in [-0.39, 0.29) is 24.9 Å². The predicted octanol–water partition coefficient (Wildman–Crippen LogP) is 3.46. The zero-order chi connectivity index (χ0) is 18.4. The predicted molar refractivity (Wildman–Crippen MR) is 91.3 cm³/mol. The van der Waals surface area contributed by atoms with Gasteiger partial charge in [0, 0.05) is 11.3 Å². The Morgan fingerprint density at radius 3 is 2.08 bits per heavy atom. The monoisotopic (exact) mass is 338 g/mol. The fourth-order valence-corrected chi connectivity index (χ4v) is 2.76. The maximum atomic E-state index is 12.4. The second-order valence-corrected chi connectivity index (χ2v) is 6.93. The van der Waals surface area contributed by atoms with Crippen molar-refractivity contribution < 1.29 is 23.9 Å². The maximum absolute atomic E-state index is 12.4. The van der Waals surface area contributed by atoms with Crippen molar-refractivity contribution in [3.8, 4) is 0 Å². The minimum atomic E-state index is -1.27. The van der Waals surface area contributed by atoms with Crippen LogP contribution in [0.1, 0.15) is 60.3 Å². The lowest BCUT2D eigenvalue weighted by Crippen LogP contribution is -2.31. The van der Waals surface area contributed by atoms with Gasteiger partial charge in [-0.25, -0.2) is 0 Å². The molecule has 1 fully saturated rings. The van der Waals surface area contributed by atoms with E-state index in [0.717, 1.165) is 19.3 Å². The number of allylic oxidation sites excluding steroid dienone is 2. The molecule has 1 saturated carbocycles. The standard InChI is InChI=1S/C19H30O5/c1-6-9-12-18(4,5)15(20)11-10-14-13-19(14,16(21)23-7-2)17(22)24-8-3/h10-11,14H,6-9,12-13H2,1-5H3. The molecule has 1 rings (SSSR count). The number of ether oxygens (including phenoxy) is 2. The van der Waals surface area contributed by atoms with Crippen molar-refractivity contribution in [1.29, 1.82) is 0 Å². The van der Waals surface area contributed by atoms with Crippen molar-refractivity contribution in [3.05, 3.63) is 12.2 Å². The quantitative estimate of drug-likeness (QED) is 0.346. The second kappa shape index (κ2) is 8.45. The Morgan fingerprint density at radius 1 is 1.08 bits per heavy atom. The normalized spacial score (nSPS) is 19.1. The van der Waals surface area contributed by atoms with E-state index in [0.29, 0.717) is 6.42 Å². The lowest BCUT2D eigenvalue weighted by atomic mass is 9.82. The maximum Gasteiger partial charge on any atom is 0.324 e. The fourth-order valence-electron chi connectivity index (χ4n) is 2.76. The lowest BCUT2D eigenvalue weighted by Gasteiger charge is -2.20. The summed E-state index contributed by atoms with van der Waals surface area (Å²) in [4.78, 5) is 36.8. The molecule has 0 aliphatic heterocycles. The van der Waals surface area contributed by atoms with Crippen molar-refractivity contribution in [2.75, 3.05) is 13.2 Å². The van der Waals surface area contributed by atoms with E-state index in [9.17, 15) is 14.4 Å². The summed E-state index contributed by atoms with van der Waals surface area (Å²) in [6.45, 7) is 9.75. The fraction of sp³-hybridized carbons (Fsp3) is 0.737. The number of esters is 2. The Bertz CT molecular complexity index is 486. The van der Waals surface area contributed by atoms with Crippen LogP contribution in [-0.2, 0) is 23.9 Å². The molecule has 0 N–H and O–H groups in total. The number of hydrogen-bond acceptors (Lipinski definition) is 5. The average Bonchev–Trinajstić information content (AvgIpc) is 3.27. The first-order chi connectivity index (χ1) is 11.3. The molecule has 0 amide bonds. The Morgan fingerprint density at radius 2 is 1.62 bits per heavy atom. The molecule has 0 heterocycles. The molecule has 5 heteroatoms. The molecule has 1 unspecified atom stereocenters. The van der Waals surface area contributed by atoms with Crippen LogP contribution < -0.4 is 0 Å². The average molecular weight is 338 g/mol. The van der Waals surface area contributed by atoms with Gasteiger partial charge < -0.3 is 9.47 Å². The number of rotatable bonds is 10. The SMILES string of the molecule is CCCCC(C)(C)C(=O)C=CC1CC1(C(=O)OCC)C(=O)OCC. The highest BCUT2D eigenvalue weighted by Crippen LogP contribution is 2.55. The number of carbonyl (C=O) groups excluding carboxylic acids is 3. The van der Waals surface area contributed by atoms with E-state index in [1.807, 2.05) is 13.8 Å². The van der Waals surface area contributed by atoms with Crippen LogP contribution in [-0.4, -0.2) is 30.9 Å². The number of ketones is 1. The van der Waals surface area contributed by atoms with Crippen LogP contribution >= 0.6 is 0 Å². The van der Waals surface area contributed by atoms with Gasteiger partial charge in [0.05, 0.1) is 13.2 Å². The molecule has 1 aliphatic carbocycles. The third-order valence-corrected chi connectivity index (χ3v) is 4.60. The van der Waals surface area contributed by atoms with E-state index in [1.54, 1.807) is 19.9 Å². The lowest BCUT2D eigenvalue weighted by molar-refractivity contribution is -0.164. The van der Waals surface area contributed by atoms with E-state index < -0.39 is 22.8 Å². The van der Waals surface area contributed by atoms with E-state index in [2.05, 4.69) is 6.92 Å². The van der Waals surface area contributed by atoms with Crippen molar-refractivity contribution in [2.24, 2.45) is 16.7 Å². The van der Waals surface area contributed by atoms with Crippen LogP contribution in [0.5, 0.6) is 0 Å². The van der Waals surface area contributed by atoms with Gasteiger partial charge in [0.1, 0.15) is 0 Å². The van der Waals surface area contributed by atoms with Gasteiger partial charge in [0.2, 0.25) is 0 Å². The first-order valence-corrected chi connectivity index (χ1v) is 8.83. The van der Waals surface area contributed by atoms with Crippen molar-refractivity contribution in [2.45, 2.75) is 60.3 Å². The van der Waals surface area contributed by atoms with Gasteiger partial charge in [0.25, 0.3) is 0 Å². The molecule has 24 heavy (non-hydrogen) atoms. The largest absolute Gasteiger partial charge is 0.465 e.